The van der Waals surface area contributed by atoms with Crippen molar-refractivity contribution >= 4 is 29.1 Å². The van der Waals surface area contributed by atoms with Crippen molar-refractivity contribution in [2.45, 2.75) is 19.3 Å². The first-order valence-electron chi connectivity index (χ1n) is 9.41. The predicted molar refractivity (Wildman–Crippen MR) is 112 cm³/mol. The van der Waals surface area contributed by atoms with Crippen LogP contribution in [-0.2, 0) is 6.42 Å². The zero-order chi connectivity index (χ0) is 18.5. The van der Waals surface area contributed by atoms with Crippen molar-refractivity contribution in [3.63, 3.8) is 0 Å². The number of hydrogen-bond donors (Lipinski definition) is 1. The largest absolute Gasteiger partial charge is 0.356 e. The van der Waals surface area contributed by atoms with Crippen molar-refractivity contribution in [3.05, 3.63) is 77.4 Å². The lowest BCUT2D eigenvalue weighted by Gasteiger charge is -2.33. The Morgan fingerprint density at radius 2 is 1.70 bits per heavy atom. The minimum atomic E-state index is 0.612. The van der Waals surface area contributed by atoms with E-state index in [1.165, 1.54) is 24.8 Å². The number of piperidine rings is 1. The second-order valence-electron chi connectivity index (χ2n) is 6.99. The van der Waals surface area contributed by atoms with Gasteiger partial charge >= 0.3 is 0 Å². The highest BCUT2D eigenvalue weighted by Gasteiger charge is 2.20. The monoisotopic (exact) mass is 378 g/mol. The SMILES string of the molecule is Clc1ccc(Nc2nccc(N3CCC(Cc4ccccc4)CC3)n2)cc1. The van der Waals surface area contributed by atoms with Crippen molar-refractivity contribution in [2.24, 2.45) is 5.92 Å². The van der Waals surface area contributed by atoms with Gasteiger partial charge in [0.25, 0.3) is 0 Å². The molecule has 1 N–H and O–H groups in total. The minimum Gasteiger partial charge on any atom is -0.356 e. The van der Waals surface area contributed by atoms with E-state index in [0.29, 0.717) is 11.0 Å². The number of benzene rings is 2. The van der Waals surface area contributed by atoms with Crippen LogP contribution in [0.25, 0.3) is 0 Å². The zero-order valence-electron chi connectivity index (χ0n) is 15.2. The fourth-order valence-electron chi connectivity index (χ4n) is 3.56. The van der Waals surface area contributed by atoms with Gasteiger partial charge in [0.1, 0.15) is 5.82 Å². The van der Waals surface area contributed by atoms with E-state index in [4.69, 9.17) is 16.6 Å². The Balaban J connectivity index is 1.36. The summed E-state index contributed by atoms with van der Waals surface area (Å²) in [4.78, 5) is 11.4. The summed E-state index contributed by atoms with van der Waals surface area (Å²) in [6.07, 6.45) is 5.37. The summed E-state index contributed by atoms with van der Waals surface area (Å²) < 4.78 is 0. The molecule has 1 aliphatic rings. The Morgan fingerprint density at radius 3 is 2.44 bits per heavy atom. The van der Waals surface area contributed by atoms with E-state index in [0.717, 1.165) is 30.5 Å². The molecule has 138 valence electrons. The van der Waals surface area contributed by atoms with E-state index in [1.54, 1.807) is 0 Å². The van der Waals surface area contributed by atoms with Crippen LogP contribution in [0.15, 0.2) is 66.9 Å². The van der Waals surface area contributed by atoms with E-state index < -0.39 is 0 Å². The summed E-state index contributed by atoms with van der Waals surface area (Å²) >= 11 is 5.94. The van der Waals surface area contributed by atoms with Crippen molar-refractivity contribution in [1.82, 2.24) is 9.97 Å². The Morgan fingerprint density at radius 1 is 0.963 bits per heavy atom. The lowest BCUT2D eigenvalue weighted by atomic mass is 9.90. The third-order valence-electron chi connectivity index (χ3n) is 5.05. The van der Waals surface area contributed by atoms with Gasteiger partial charge in [-0.3, -0.25) is 0 Å². The standard InChI is InChI=1S/C22H23ClN4/c23-19-6-8-20(9-7-19)25-22-24-13-10-21(26-22)27-14-11-18(12-15-27)16-17-4-2-1-3-5-17/h1-10,13,18H,11-12,14-16H2,(H,24,25,26). The summed E-state index contributed by atoms with van der Waals surface area (Å²) in [6.45, 7) is 2.07. The van der Waals surface area contributed by atoms with Gasteiger partial charge in [-0.1, -0.05) is 41.9 Å². The van der Waals surface area contributed by atoms with Gasteiger partial charge in [-0.2, -0.15) is 4.98 Å². The van der Waals surface area contributed by atoms with Gasteiger partial charge in [0, 0.05) is 30.0 Å². The number of aromatic nitrogens is 2. The van der Waals surface area contributed by atoms with Crippen LogP contribution >= 0.6 is 11.6 Å². The van der Waals surface area contributed by atoms with E-state index in [9.17, 15) is 0 Å². The molecule has 3 aromatic rings. The molecule has 2 aromatic carbocycles. The first-order chi connectivity index (χ1) is 13.3. The molecule has 5 heteroatoms. The van der Waals surface area contributed by atoms with Crippen LogP contribution in [0.5, 0.6) is 0 Å². The van der Waals surface area contributed by atoms with Gasteiger partial charge in [0.05, 0.1) is 0 Å². The van der Waals surface area contributed by atoms with Crippen molar-refractivity contribution in [3.8, 4) is 0 Å². The Bertz CT molecular complexity index is 859. The minimum absolute atomic E-state index is 0.612. The number of halogens is 1. The summed E-state index contributed by atoms with van der Waals surface area (Å²) in [5.74, 6) is 2.35. The van der Waals surface area contributed by atoms with Crippen LogP contribution in [-0.4, -0.2) is 23.1 Å². The summed E-state index contributed by atoms with van der Waals surface area (Å²) in [6, 6.07) is 20.3. The Labute approximate surface area is 165 Å². The quantitative estimate of drug-likeness (QED) is 0.651. The highest BCUT2D eigenvalue weighted by atomic mass is 35.5. The van der Waals surface area contributed by atoms with Crippen LogP contribution in [0, 0.1) is 5.92 Å². The maximum Gasteiger partial charge on any atom is 0.229 e. The third kappa shape index (κ3) is 4.77. The van der Waals surface area contributed by atoms with Crippen molar-refractivity contribution < 1.29 is 0 Å². The molecule has 0 atom stereocenters. The number of rotatable bonds is 5. The van der Waals surface area contributed by atoms with Gasteiger partial charge in [0.2, 0.25) is 5.95 Å². The molecule has 0 radical (unpaired) electrons. The molecular formula is C22H23ClN4. The molecule has 4 rings (SSSR count). The van der Waals surface area contributed by atoms with Gasteiger partial charge in [0.15, 0.2) is 0 Å². The molecule has 4 nitrogen and oxygen atoms in total. The maximum absolute atomic E-state index is 5.94. The molecule has 1 fully saturated rings. The van der Waals surface area contributed by atoms with Crippen LogP contribution in [0.3, 0.4) is 0 Å². The normalized spacial score (nSPS) is 14.9. The number of nitrogens with zero attached hydrogens (tertiary/aromatic N) is 3. The molecule has 0 unspecified atom stereocenters. The zero-order valence-corrected chi connectivity index (χ0v) is 15.9. The second kappa shape index (κ2) is 8.40. The lowest BCUT2D eigenvalue weighted by molar-refractivity contribution is 0.402. The first kappa shape index (κ1) is 17.8. The second-order valence-corrected chi connectivity index (χ2v) is 7.43. The molecule has 1 aromatic heterocycles. The highest BCUT2D eigenvalue weighted by molar-refractivity contribution is 6.30. The highest BCUT2D eigenvalue weighted by Crippen LogP contribution is 2.25. The Kier molecular flexibility index (Phi) is 5.54. The van der Waals surface area contributed by atoms with E-state index in [2.05, 4.69) is 45.5 Å². The first-order valence-corrected chi connectivity index (χ1v) is 9.78. The van der Waals surface area contributed by atoms with Gasteiger partial charge in [-0.15, -0.1) is 0 Å². The van der Waals surface area contributed by atoms with Gasteiger partial charge in [-0.05, 0) is 61.1 Å². The number of hydrogen-bond acceptors (Lipinski definition) is 4. The fraction of sp³-hybridized carbons (Fsp3) is 0.273. The molecule has 1 aliphatic heterocycles. The molecule has 0 saturated carbocycles. The van der Waals surface area contributed by atoms with Crippen LogP contribution in [0.4, 0.5) is 17.5 Å². The summed E-state index contributed by atoms with van der Waals surface area (Å²) in [5, 5.41) is 3.96. The maximum atomic E-state index is 5.94. The topological polar surface area (TPSA) is 41.1 Å². The molecule has 0 aliphatic carbocycles. The summed E-state index contributed by atoms with van der Waals surface area (Å²) in [7, 11) is 0. The van der Waals surface area contributed by atoms with Gasteiger partial charge < -0.3 is 10.2 Å². The van der Waals surface area contributed by atoms with Crippen LogP contribution < -0.4 is 10.2 Å². The molecule has 0 bridgehead atoms. The Hall–Kier alpha value is -2.59. The fourth-order valence-corrected chi connectivity index (χ4v) is 3.69. The molecular weight excluding hydrogens is 356 g/mol. The van der Waals surface area contributed by atoms with Crippen LogP contribution in [0.2, 0.25) is 5.02 Å². The van der Waals surface area contributed by atoms with Crippen LogP contribution in [0.1, 0.15) is 18.4 Å². The molecule has 27 heavy (non-hydrogen) atoms. The third-order valence-corrected chi connectivity index (χ3v) is 5.30. The molecule has 1 saturated heterocycles. The lowest BCUT2D eigenvalue weighted by Crippen LogP contribution is -2.35. The van der Waals surface area contributed by atoms with Crippen molar-refractivity contribution in [1.29, 1.82) is 0 Å². The molecule has 0 amide bonds. The summed E-state index contributed by atoms with van der Waals surface area (Å²) in [5.41, 5.74) is 2.37. The average molecular weight is 379 g/mol. The number of nitrogens with one attached hydrogen (secondary N) is 1. The number of anilines is 3. The predicted octanol–water partition coefficient (Wildman–Crippen LogP) is 5.33. The van der Waals surface area contributed by atoms with E-state index in [1.807, 2.05) is 36.5 Å². The molecule has 2 heterocycles. The average Bonchev–Trinajstić information content (AvgIpc) is 2.71. The van der Waals surface area contributed by atoms with E-state index >= 15 is 0 Å². The molecule has 0 spiro atoms. The van der Waals surface area contributed by atoms with E-state index in [-0.39, 0.29) is 0 Å². The smallest absolute Gasteiger partial charge is 0.229 e. The van der Waals surface area contributed by atoms with Gasteiger partial charge in [-0.25, -0.2) is 4.98 Å². The van der Waals surface area contributed by atoms with Crippen molar-refractivity contribution in [2.75, 3.05) is 23.3 Å².